The Bertz CT molecular complexity index is 1170. The van der Waals surface area contributed by atoms with Gasteiger partial charge in [0.05, 0.1) is 17.9 Å². The average molecular weight is 458 g/mol. The summed E-state index contributed by atoms with van der Waals surface area (Å²) in [6.07, 6.45) is 7.01. The minimum Gasteiger partial charge on any atom is -0.387 e. The van der Waals surface area contributed by atoms with E-state index in [1.807, 2.05) is 55.6 Å². The van der Waals surface area contributed by atoms with Gasteiger partial charge in [-0.15, -0.1) is 0 Å². The zero-order valence-corrected chi connectivity index (χ0v) is 19.4. The second-order valence-electron chi connectivity index (χ2n) is 7.88. The fraction of sp³-hybridized carbons (Fsp3) is 0.333. The maximum atomic E-state index is 11.5. The molecular weight excluding hydrogens is 426 g/mol. The van der Waals surface area contributed by atoms with Crippen LogP contribution in [0.1, 0.15) is 31.1 Å². The number of para-hydroxylation sites is 1. The molecule has 0 amide bonds. The molecule has 1 aromatic heterocycles. The van der Waals surface area contributed by atoms with E-state index in [9.17, 15) is 13.5 Å². The van der Waals surface area contributed by atoms with E-state index < -0.39 is 16.2 Å². The monoisotopic (exact) mass is 457 g/mol. The number of hydrogen-bond donors (Lipinski definition) is 4. The van der Waals surface area contributed by atoms with Crippen molar-refractivity contribution >= 4 is 26.7 Å². The molecule has 0 saturated heterocycles. The Morgan fingerprint density at radius 1 is 1.22 bits per heavy atom. The molecule has 3 rings (SSSR count). The molecule has 2 atom stereocenters. The van der Waals surface area contributed by atoms with Crippen LogP contribution in [0.4, 0.5) is 5.69 Å². The number of aliphatic hydroxyl groups is 1. The Kier molecular flexibility index (Phi) is 7.95. The number of fused-ring (bicyclic) bond motifs is 1. The van der Waals surface area contributed by atoms with E-state index in [4.69, 9.17) is 4.18 Å². The number of allylic oxidation sites excluding steroid dienone is 1. The number of aromatic nitrogens is 1. The molecule has 8 heteroatoms. The predicted octanol–water partition coefficient (Wildman–Crippen LogP) is 3.75. The molecule has 0 spiro atoms. The minimum atomic E-state index is -3.60. The number of aromatic amines is 1. The van der Waals surface area contributed by atoms with Crippen molar-refractivity contribution < 1.29 is 17.7 Å². The van der Waals surface area contributed by atoms with Crippen LogP contribution in [-0.2, 0) is 16.5 Å². The maximum absolute atomic E-state index is 11.5. The Hall–Kier alpha value is -2.81. The number of anilines is 1. The molecule has 4 N–H and O–H groups in total. The van der Waals surface area contributed by atoms with Crippen LogP contribution in [0.15, 0.2) is 60.8 Å². The lowest BCUT2D eigenvalue weighted by atomic mass is 10.0. The van der Waals surface area contributed by atoms with Gasteiger partial charge in [-0.25, -0.2) is 0 Å². The molecule has 0 saturated carbocycles. The van der Waals surface area contributed by atoms with Crippen molar-refractivity contribution in [3.05, 3.63) is 71.9 Å². The molecule has 0 fully saturated rings. The first-order valence-corrected chi connectivity index (χ1v) is 12.4. The van der Waals surface area contributed by atoms with Crippen molar-refractivity contribution in [1.29, 1.82) is 0 Å². The second kappa shape index (κ2) is 10.7. The normalized spacial score (nSPS) is 14.0. The summed E-state index contributed by atoms with van der Waals surface area (Å²) < 4.78 is 28.1. The van der Waals surface area contributed by atoms with Crippen LogP contribution in [0, 0.1) is 0 Å². The van der Waals surface area contributed by atoms with Gasteiger partial charge in [-0.1, -0.05) is 36.4 Å². The van der Waals surface area contributed by atoms with Gasteiger partial charge in [0.25, 0.3) is 0 Å². The van der Waals surface area contributed by atoms with Crippen LogP contribution in [0.25, 0.3) is 10.9 Å². The average Bonchev–Trinajstić information content (AvgIpc) is 3.15. The first-order valence-electron chi connectivity index (χ1n) is 10.6. The Balaban J connectivity index is 1.60. The van der Waals surface area contributed by atoms with Crippen LogP contribution in [-0.4, -0.2) is 43.9 Å². The molecule has 0 bridgehead atoms. The lowest BCUT2D eigenvalue weighted by molar-refractivity contribution is 0.170. The Labute approximate surface area is 189 Å². The van der Waals surface area contributed by atoms with Crippen molar-refractivity contribution in [1.82, 2.24) is 10.3 Å². The third-order valence-electron chi connectivity index (χ3n) is 5.12. The lowest BCUT2D eigenvalue weighted by Gasteiger charge is -2.18. The molecular formula is C24H31N3O4S. The van der Waals surface area contributed by atoms with Gasteiger partial charge < -0.3 is 24.9 Å². The van der Waals surface area contributed by atoms with Gasteiger partial charge in [-0.3, -0.25) is 0 Å². The van der Waals surface area contributed by atoms with Crippen LogP contribution >= 0.6 is 0 Å². The molecule has 7 nitrogen and oxygen atoms in total. The Morgan fingerprint density at radius 3 is 2.75 bits per heavy atom. The summed E-state index contributed by atoms with van der Waals surface area (Å²) >= 11 is 0. The molecule has 32 heavy (non-hydrogen) atoms. The first kappa shape index (κ1) is 23.8. The van der Waals surface area contributed by atoms with Gasteiger partial charge >= 0.3 is 10.1 Å². The molecule has 1 heterocycles. The number of nitrogens with one attached hydrogen (secondary N) is 3. The van der Waals surface area contributed by atoms with Gasteiger partial charge in [-0.2, -0.15) is 8.42 Å². The third kappa shape index (κ3) is 6.59. The molecule has 0 aliphatic rings. The molecule has 3 aromatic rings. The number of aliphatic hydroxyl groups excluding tert-OH is 1. The van der Waals surface area contributed by atoms with E-state index >= 15 is 0 Å². The van der Waals surface area contributed by atoms with E-state index in [0.29, 0.717) is 18.5 Å². The van der Waals surface area contributed by atoms with E-state index in [-0.39, 0.29) is 11.8 Å². The maximum Gasteiger partial charge on any atom is 0.306 e. The number of hydrogen-bond acceptors (Lipinski definition) is 6. The van der Waals surface area contributed by atoms with E-state index in [2.05, 4.69) is 22.5 Å². The lowest BCUT2D eigenvalue weighted by Crippen LogP contribution is -2.32. The Morgan fingerprint density at radius 2 is 2.00 bits per heavy atom. The molecule has 2 aromatic carbocycles. The number of rotatable bonds is 11. The highest BCUT2D eigenvalue weighted by atomic mass is 32.2. The highest BCUT2D eigenvalue weighted by molar-refractivity contribution is 7.86. The molecule has 0 unspecified atom stereocenters. The molecule has 0 aliphatic heterocycles. The summed E-state index contributed by atoms with van der Waals surface area (Å²) in [7, 11) is -3.60. The van der Waals surface area contributed by atoms with Crippen molar-refractivity contribution in [3.63, 3.8) is 0 Å². The van der Waals surface area contributed by atoms with Crippen LogP contribution in [0.3, 0.4) is 0 Å². The number of H-pyrrole nitrogens is 1. The van der Waals surface area contributed by atoms with Crippen molar-refractivity contribution in [3.8, 4) is 5.75 Å². The molecule has 0 radical (unpaired) electrons. The molecule has 0 aliphatic carbocycles. The largest absolute Gasteiger partial charge is 0.387 e. The fourth-order valence-corrected chi connectivity index (χ4v) is 4.03. The zero-order valence-electron chi connectivity index (χ0n) is 18.6. The van der Waals surface area contributed by atoms with Gasteiger partial charge in [0.2, 0.25) is 0 Å². The van der Waals surface area contributed by atoms with E-state index in [1.54, 1.807) is 12.1 Å². The SMILES string of the molecule is C/C=C/CNc1cccc([C@@H](O)CN[C@H](C)Cc2c[nH]c3c(OS(C)(=O)=O)cccc23)c1. The summed E-state index contributed by atoms with van der Waals surface area (Å²) in [6.45, 7) is 5.20. The minimum absolute atomic E-state index is 0.0964. The summed E-state index contributed by atoms with van der Waals surface area (Å²) in [5.74, 6) is 0.287. The van der Waals surface area contributed by atoms with E-state index in [1.165, 1.54) is 0 Å². The first-order chi connectivity index (χ1) is 15.3. The quantitative estimate of drug-likeness (QED) is 0.258. The topological polar surface area (TPSA) is 103 Å². The summed E-state index contributed by atoms with van der Waals surface area (Å²) in [5.41, 5.74) is 3.52. The van der Waals surface area contributed by atoms with Crippen LogP contribution in [0.2, 0.25) is 0 Å². The van der Waals surface area contributed by atoms with Gasteiger partial charge in [-0.05, 0) is 49.6 Å². The third-order valence-corrected chi connectivity index (χ3v) is 5.60. The second-order valence-corrected chi connectivity index (χ2v) is 9.46. The molecule has 172 valence electrons. The summed E-state index contributed by atoms with van der Waals surface area (Å²) in [6, 6.07) is 13.2. The highest BCUT2D eigenvalue weighted by Gasteiger charge is 2.15. The van der Waals surface area contributed by atoms with Crippen molar-refractivity contribution in [2.75, 3.05) is 24.7 Å². The van der Waals surface area contributed by atoms with Gasteiger partial charge in [0.1, 0.15) is 0 Å². The summed E-state index contributed by atoms with van der Waals surface area (Å²) in [4.78, 5) is 3.12. The zero-order chi connectivity index (χ0) is 23.1. The van der Waals surface area contributed by atoms with Gasteiger partial charge in [0.15, 0.2) is 5.75 Å². The smallest absolute Gasteiger partial charge is 0.306 e. The van der Waals surface area contributed by atoms with Crippen LogP contribution in [0.5, 0.6) is 5.75 Å². The standard InChI is InChI=1S/C24H31N3O4S/c1-4-5-12-25-20-9-6-8-18(14-20)22(28)16-26-17(2)13-19-15-27-24-21(19)10-7-11-23(24)31-32(3,29)30/h4-11,14-15,17,22,25-28H,12-13,16H2,1-3H3/b5-4+/t17-,22+/m1/s1. The highest BCUT2D eigenvalue weighted by Crippen LogP contribution is 2.29. The number of benzene rings is 2. The van der Waals surface area contributed by atoms with Crippen molar-refractivity contribution in [2.24, 2.45) is 0 Å². The summed E-state index contributed by atoms with van der Waals surface area (Å²) in [5, 5.41) is 18.2. The van der Waals surface area contributed by atoms with Gasteiger partial charge in [0, 0.05) is 36.4 Å². The predicted molar refractivity (Wildman–Crippen MR) is 130 cm³/mol. The van der Waals surface area contributed by atoms with Crippen LogP contribution < -0.4 is 14.8 Å². The van der Waals surface area contributed by atoms with Crippen molar-refractivity contribution in [2.45, 2.75) is 32.4 Å². The van der Waals surface area contributed by atoms with E-state index in [0.717, 1.165) is 35.0 Å². The fourth-order valence-electron chi connectivity index (χ4n) is 3.57.